The lowest BCUT2D eigenvalue weighted by molar-refractivity contribution is -0.144. The van der Waals surface area contributed by atoms with Crippen LogP contribution in [0.15, 0.2) is 0 Å². The number of esters is 1. The first-order valence-electron chi connectivity index (χ1n) is 5.66. The first-order chi connectivity index (χ1) is 7.38. The second kappa shape index (κ2) is 5.44. The Morgan fingerprint density at radius 2 is 2.00 bits per heavy atom. The number of carbonyl (C=O) groups excluding carboxylic acids is 1. The summed E-state index contributed by atoms with van der Waals surface area (Å²) in [7, 11) is 3.66. The largest absolute Gasteiger partial charge is 0.469 e. The van der Waals surface area contributed by atoms with Gasteiger partial charge >= 0.3 is 5.97 Å². The lowest BCUT2D eigenvalue weighted by atomic mass is 9.81. The standard InChI is InChI=1S/C11H22NO3P/c1-8-4-11(5-9(8)2,7-12(14)16)6-10(13)15-3/h8-9,14H,4-7,16H2,1-3H3/t8-,9?,11?/m0/s1. The number of carbonyl (C=O) groups is 1. The van der Waals surface area contributed by atoms with Crippen LogP contribution >= 0.6 is 9.39 Å². The lowest BCUT2D eigenvalue weighted by Gasteiger charge is -2.30. The molecule has 16 heavy (non-hydrogen) atoms. The van der Waals surface area contributed by atoms with Gasteiger partial charge in [0.25, 0.3) is 0 Å². The highest BCUT2D eigenvalue weighted by Gasteiger charge is 2.43. The van der Waals surface area contributed by atoms with Gasteiger partial charge in [-0.2, -0.15) is 4.83 Å². The summed E-state index contributed by atoms with van der Waals surface area (Å²) >= 11 is 0. The molecule has 4 nitrogen and oxygen atoms in total. The van der Waals surface area contributed by atoms with E-state index in [1.54, 1.807) is 0 Å². The summed E-state index contributed by atoms with van der Waals surface area (Å²) in [6.07, 6.45) is 2.33. The average Bonchev–Trinajstić information content (AvgIpc) is 2.40. The van der Waals surface area contributed by atoms with Crippen LogP contribution in [0.4, 0.5) is 0 Å². The minimum atomic E-state index is -0.187. The molecule has 0 amide bonds. The van der Waals surface area contributed by atoms with Crippen LogP contribution in [0.25, 0.3) is 0 Å². The highest BCUT2D eigenvalue weighted by molar-refractivity contribution is 7.12. The van der Waals surface area contributed by atoms with Gasteiger partial charge in [-0.15, -0.1) is 0 Å². The first-order valence-corrected chi connectivity index (χ1v) is 6.18. The number of hydrogen-bond donors (Lipinski definition) is 1. The second-order valence-corrected chi connectivity index (χ2v) is 5.81. The van der Waals surface area contributed by atoms with E-state index in [9.17, 15) is 10.0 Å². The molecule has 1 N–H and O–H groups in total. The molecule has 5 heteroatoms. The van der Waals surface area contributed by atoms with Crippen LogP contribution in [-0.2, 0) is 9.53 Å². The van der Waals surface area contributed by atoms with Gasteiger partial charge in [0.1, 0.15) is 0 Å². The van der Waals surface area contributed by atoms with Gasteiger partial charge in [-0.05, 0) is 39.5 Å². The number of nitrogens with zero attached hydrogens (tertiary/aromatic N) is 1. The van der Waals surface area contributed by atoms with Crippen LogP contribution in [0.3, 0.4) is 0 Å². The van der Waals surface area contributed by atoms with Crippen molar-refractivity contribution in [1.29, 1.82) is 0 Å². The second-order valence-electron chi connectivity index (χ2n) is 5.21. The Morgan fingerprint density at radius 3 is 2.38 bits per heavy atom. The highest BCUT2D eigenvalue weighted by Crippen LogP contribution is 2.48. The van der Waals surface area contributed by atoms with Gasteiger partial charge in [0.15, 0.2) is 0 Å². The topological polar surface area (TPSA) is 49.8 Å². The van der Waals surface area contributed by atoms with Crippen LogP contribution < -0.4 is 0 Å². The third-order valence-corrected chi connectivity index (χ3v) is 3.91. The molecule has 0 radical (unpaired) electrons. The van der Waals surface area contributed by atoms with Crippen LogP contribution in [0.1, 0.15) is 33.1 Å². The normalized spacial score (nSPS) is 34.4. The Bertz CT molecular complexity index is 242. The van der Waals surface area contributed by atoms with Crippen molar-refractivity contribution in [2.24, 2.45) is 17.3 Å². The van der Waals surface area contributed by atoms with E-state index in [1.165, 1.54) is 7.11 Å². The van der Waals surface area contributed by atoms with Gasteiger partial charge < -0.3 is 9.94 Å². The molecule has 1 aliphatic rings. The summed E-state index contributed by atoms with van der Waals surface area (Å²) in [5, 5.41) is 9.38. The molecule has 1 fully saturated rings. The molecule has 3 unspecified atom stereocenters. The molecular formula is C11H22NO3P. The molecule has 0 saturated heterocycles. The van der Waals surface area contributed by atoms with E-state index in [0.29, 0.717) is 24.8 Å². The Morgan fingerprint density at radius 1 is 1.50 bits per heavy atom. The zero-order chi connectivity index (χ0) is 12.3. The van der Waals surface area contributed by atoms with Crippen molar-refractivity contribution in [3.05, 3.63) is 0 Å². The Balaban J connectivity index is 2.74. The van der Waals surface area contributed by atoms with Crippen LogP contribution in [0.5, 0.6) is 0 Å². The summed E-state index contributed by atoms with van der Waals surface area (Å²) in [6.45, 7) is 4.91. The highest BCUT2D eigenvalue weighted by atomic mass is 31.0. The zero-order valence-electron chi connectivity index (χ0n) is 10.3. The molecule has 4 atom stereocenters. The molecule has 0 aromatic carbocycles. The maximum atomic E-state index is 11.4. The van der Waals surface area contributed by atoms with Gasteiger partial charge in [-0.1, -0.05) is 13.8 Å². The van der Waals surface area contributed by atoms with E-state index in [0.717, 1.165) is 17.7 Å². The Labute approximate surface area is 99.6 Å². The van der Waals surface area contributed by atoms with Gasteiger partial charge in [0.2, 0.25) is 0 Å². The molecule has 1 aliphatic carbocycles. The SMILES string of the molecule is COC(=O)CC1(CN(O)P)CC(C)[C@@H](C)C1. The van der Waals surface area contributed by atoms with E-state index in [4.69, 9.17) is 4.74 Å². The molecule has 0 bridgehead atoms. The van der Waals surface area contributed by atoms with Crippen LogP contribution in [0, 0.1) is 17.3 Å². The van der Waals surface area contributed by atoms with Crippen molar-refractivity contribution in [3.8, 4) is 0 Å². The number of methoxy groups -OCH3 is 1. The molecule has 0 spiro atoms. The van der Waals surface area contributed by atoms with E-state index >= 15 is 0 Å². The quantitative estimate of drug-likeness (QED) is 0.469. The molecule has 0 heterocycles. The van der Waals surface area contributed by atoms with Crippen molar-refractivity contribution >= 4 is 15.4 Å². The summed E-state index contributed by atoms with van der Waals surface area (Å²) in [5.41, 5.74) is -0.136. The van der Waals surface area contributed by atoms with Crippen molar-refractivity contribution in [3.63, 3.8) is 0 Å². The lowest BCUT2D eigenvalue weighted by Crippen LogP contribution is -2.32. The van der Waals surface area contributed by atoms with E-state index in [1.807, 2.05) is 0 Å². The number of hydroxylamine groups is 1. The maximum Gasteiger partial charge on any atom is 0.306 e. The molecule has 1 rings (SSSR count). The summed E-state index contributed by atoms with van der Waals surface area (Å²) in [5.74, 6) is 0.998. The van der Waals surface area contributed by atoms with Gasteiger partial charge in [-0.25, -0.2) is 0 Å². The summed E-state index contributed by atoms with van der Waals surface area (Å²) in [4.78, 5) is 12.5. The van der Waals surface area contributed by atoms with E-state index in [-0.39, 0.29) is 11.4 Å². The van der Waals surface area contributed by atoms with Crippen molar-refractivity contribution < 1.29 is 14.7 Å². The molecule has 94 valence electrons. The van der Waals surface area contributed by atoms with Crippen LogP contribution in [-0.4, -0.2) is 29.7 Å². The fourth-order valence-electron chi connectivity index (χ4n) is 2.90. The molecule has 0 aliphatic heterocycles. The van der Waals surface area contributed by atoms with Crippen molar-refractivity contribution in [2.75, 3.05) is 13.7 Å². The summed E-state index contributed by atoms with van der Waals surface area (Å²) < 4.78 is 4.74. The van der Waals surface area contributed by atoms with Crippen molar-refractivity contribution in [2.45, 2.75) is 33.1 Å². The molecule has 1 saturated carbocycles. The minimum Gasteiger partial charge on any atom is -0.469 e. The Kier molecular flexibility index (Phi) is 4.72. The monoisotopic (exact) mass is 247 g/mol. The van der Waals surface area contributed by atoms with E-state index in [2.05, 4.69) is 23.2 Å². The third kappa shape index (κ3) is 3.41. The zero-order valence-corrected chi connectivity index (χ0v) is 11.4. The maximum absolute atomic E-state index is 11.4. The summed E-state index contributed by atoms with van der Waals surface area (Å²) in [6, 6.07) is 0. The third-order valence-electron chi connectivity index (χ3n) is 3.73. The van der Waals surface area contributed by atoms with E-state index < -0.39 is 0 Å². The minimum absolute atomic E-state index is 0.136. The number of hydrogen-bond acceptors (Lipinski definition) is 4. The smallest absolute Gasteiger partial charge is 0.306 e. The fraction of sp³-hybridized carbons (Fsp3) is 0.909. The van der Waals surface area contributed by atoms with Gasteiger partial charge in [-0.3, -0.25) is 4.79 Å². The fourth-order valence-corrected chi connectivity index (χ4v) is 3.29. The predicted molar refractivity (Wildman–Crippen MR) is 64.8 cm³/mol. The van der Waals surface area contributed by atoms with Gasteiger partial charge in [0.05, 0.1) is 13.5 Å². The van der Waals surface area contributed by atoms with Gasteiger partial charge in [0, 0.05) is 6.54 Å². The average molecular weight is 247 g/mol. The molecule has 0 aromatic heterocycles. The predicted octanol–water partition coefficient (Wildman–Crippen LogP) is 2.08. The Hall–Kier alpha value is -0.180. The number of rotatable bonds is 4. The molecular weight excluding hydrogens is 225 g/mol. The first kappa shape index (κ1) is 13.9. The van der Waals surface area contributed by atoms with Crippen LogP contribution in [0.2, 0.25) is 0 Å². The van der Waals surface area contributed by atoms with Crippen molar-refractivity contribution in [1.82, 2.24) is 4.83 Å². The number of ether oxygens (including phenoxy) is 1. The molecule has 0 aromatic rings.